The minimum absolute atomic E-state index is 0.407. The van der Waals surface area contributed by atoms with Gasteiger partial charge in [0, 0.05) is 17.6 Å². The zero-order valence-electron chi connectivity index (χ0n) is 12.7. The van der Waals surface area contributed by atoms with E-state index in [1.54, 1.807) is 7.11 Å². The Hall–Kier alpha value is -1.49. The van der Waals surface area contributed by atoms with Gasteiger partial charge in [-0.25, -0.2) is 0 Å². The van der Waals surface area contributed by atoms with Crippen LogP contribution in [0.4, 0.5) is 0 Å². The van der Waals surface area contributed by atoms with Crippen molar-refractivity contribution in [3.8, 4) is 11.5 Å². The van der Waals surface area contributed by atoms with Gasteiger partial charge in [0.1, 0.15) is 6.61 Å². The Morgan fingerprint density at radius 3 is 2.76 bits per heavy atom. The van der Waals surface area contributed by atoms with Crippen molar-refractivity contribution in [2.24, 2.45) is 0 Å². The minimum atomic E-state index is 0.407. The molecule has 0 bridgehead atoms. The fourth-order valence-corrected chi connectivity index (χ4v) is 2.30. The van der Waals surface area contributed by atoms with Crippen LogP contribution in [0.5, 0.6) is 11.5 Å². The maximum absolute atomic E-state index is 5.86. The van der Waals surface area contributed by atoms with E-state index in [0.29, 0.717) is 12.6 Å². The van der Waals surface area contributed by atoms with E-state index in [0.717, 1.165) is 34.5 Å². The molecule has 0 saturated carbocycles. The van der Waals surface area contributed by atoms with Gasteiger partial charge < -0.3 is 9.47 Å². The predicted octanol–water partition coefficient (Wildman–Crippen LogP) is 4.34. The number of hydrogen-bond donors (Lipinski definition) is 0. The van der Waals surface area contributed by atoms with Crippen LogP contribution in [0, 0.1) is 0 Å². The summed E-state index contributed by atoms with van der Waals surface area (Å²) < 4.78 is 13.2. The summed E-state index contributed by atoms with van der Waals surface area (Å²) in [5.41, 5.74) is 2.07. The number of rotatable bonds is 7. The molecule has 5 heteroatoms. The van der Waals surface area contributed by atoms with Crippen molar-refractivity contribution in [1.29, 1.82) is 0 Å². The number of hydrogen-bond acceptors (Lipinski definition) is 3. The number of halogens is 1. The Kier molecular flexibility index (Phi) is 5.67. The molecule has 0 aliphatic carbocycles. The Labute approximate surface area is 134 Å². The number of nitrogens with zero attached hydrogens (tertiary/aromatic N) is 2. The van der Waals surface area contributed by atoms with Crippen molar-refractivity contribution >= 4 is 15.9 Å². The zero-order valence-corrected chi connectivity index (χ0v) is 14.3. The molecule has 1 atom stereocenters. The lowest BCUT2D eigenvalue weighted by Crippen LogP contribution is -2.06. The zero-order chi connectivity index (χ0) is 15.2. The Balaban J connectivity index is 2.07. The van der Waals surface area contributed by atoms with Gasteiger partial charge in [-0.3, -0.25) is 4.68 Å². The first-order valence-electron chi connectivity index (χ1n) is 7.07. The van der Waals surface area contributed by atoms with Gasteiger partial charge in [0.2, 0.25) is 0 Å². The van der Waals surface area contributed by atoms with Crippen molar-refractivity contribution in [1.82, 2.24) is 9.78 Å². The molecule has 1 aromatic heterocycles. The van der Waals surface area contributed by atoms with Crippen LogP contribution in [0.2, 0.25) is 0 Å². The molecule has 0 N–H and O–H groups in total. The first-order chi connectivity index (χ1) is 10.2. The van der Waals surface area contributed by atoms with Gasteiger partial charge in [-0.15, -0.1) is 0 Å². The van der Waals surface area contributed by atoms with Crippen molar-refractivity contribution < 1.29 is 9.47 Å². The third-order valence-corrected chi connectivity index (χ3v) is 4.11. The summed E-state index contributed by atoms with van der Waals surface area (Å²) in [4.78, 5) is 0. The average Bonchev–Trinajstić information content (AvgIpc) is 3.00. The maximum atomic E-state index is 5.86. The van der Waals surface area contributed by atoms with Crippen molar-refractivity contribution in [2.75, 3.05) is 7.11 Å². The Morgan fingerprint density at radius 2 is 2.10 bits per heavy atom. The summed E-state index contributed by atoms with van der Waals surface area (Å²) in [5.74, 6) is 1.48. The summed E-state index contributed by atoms with van der Waals surface area (Å²) in [5, 5.41) is 5.32. The standard InChI is InChI=1S/C16H21BrN2O2/c1-4-12(2)19-8-7-14(18-19)11-21-16-9-13(10-17)5-6-15(16)20-3/h5-9,12H,4,10-11H2,1-3H3. The van der Waals surface area contributed by atoms with Crippen LogP contribution < -0.4 is 9.47 Å². The van der Waals surface area contributed by atoms with Gasteiger partial charge in [0.15, 0.2) is 11.5 Å². The van der Waals surface area contributed by atoms with E-state index in [1.807, 2.05) is 35.1 Å². The lowest BCUT2D eigenvalue weighted by molar-refractivity contribution is 0.278. The highest BCUT2D eigenvalue weighted by atomic mass is 79.9. The number of benzene rings is 1. The van der Waals surface area contributed by atoms with E-state index in [2.05, 4.69) is 34.9 Å². The van der Waals surface area contributed by atoms with Crippen molar-refractivity contribution in [3.63, 3.8) is 0 Å². The van der Waals surface area contributed by atoms with Gasteiger partial charge in [-0.05, 0) is 37.1 Å². The summed E-state index contributed by atoms with van der Waals surface area (Å²) >= 11 is 3.45. The molecular formula is C16H21BrN2O2. The van der Waals surface area contributed by atoms with Crippen LogP contribution in [0.15, 0.2) is 30.5 Å². The fraction of sp³-hybridized carbons (Fsp3) is 0.438. The van der Waals surface area contributed by atoms with Crippen molar-refractivity contribution in [3.05, 3.63) is 41.7 Å². The number of aromatic nitrogens is 2. The Bertz CT molecular complexity index is 583. The monoisotopic (exact) mass is 352 g/mol. The fourth-order valence-electron chi connectivity index (χ4n) is 1.96. The molecular weight excluding hydrogens is 332 g/mol. The molecule has 0 aliphatic rings. The van der Waals surface area contributed by atoms with Crippen LogP contribution >= 0.6 is 15.9 Å². The molecule has 2 rings (SSSR count). The highest BCUT2D eigenvalue weighted by molar-refractivity contribution is 9.08. The topological polar surface area (TPSA) is 36.3 Å². The highest BCUT2D eigenvalue weighted by Gasteiger charge is 2.08. The highest BCUT2D eigenvalue weighted by Crippen LogP contribution is 2.29. The van der Waals surface area contributed by atoms with Gasteiger partial charge in [-0.2, -0.15) is 5.10 Å². The first kappa shape index (κ1) is 15.9. The Morgan fingerprint density at radius 1 is 1.29 bits per heavy atom. The molecule has 2 aromatic rings. The second-order valence-electron chi connectivity index (χ2n) is 4.95. The molecule has 1 heterocycles. The molecule has 0 spiro atoms. The van der Waals surface area contributed by atoms with E-state index >= 15 is 0 Å². The van der Waals surface area contributed by atoms with E-state index < -0.39 is 0 Å². The molecule has 114 valence electrons. The molecule has 4 nitrogen and oxygen atoms in total. The minimum Gasteiger partial charge on any atom is -0.493 e. The quantitative estimate of drug-likeness (QED) is 0.695. The SMILES string of the molecule is CCC(C)n1ccc(COc2cc(CBr)ccc2OC)n1. The number of alkyl halides is 1. The second-order valence-corrected chi connectivity index (χ2v) is 5.51. The van der Waals surface area contributed by atoms with Crippen LogP contribution in [0.3, 0.4) is 0 Å². The van der Waals surface area contributed by atoms with Crippen LogP contribution in [-0.2, 0) is 11.9 Å². The summed E-state index contributed by atoms with van der Waals surface area (Å²) in [7, 11) is 1.65. The lowest BCUT2D eigenvalue weighted by atomic mass is 10.2. The molecule has 0 aliphatic heterocycles. The second kappa shape index (κ2) is 7.50. The molecule has 1 unspecified atom stereocenters. The predicted molar refractivity (Wildman–Crippen MR) is 87.2 cm³/mol. The first-order valence-corrected chi connectivity index (χ1v) is 8.19. The van der Waals surface area contributed by atoms with Gasteiger partial charge >= 0.3 is 0 Å². The number of methoxy groups -OCH3 is 1. The molecule has 21 heavy (non-hydrogen) atoms. The normalized spacial score (nSPS) is 12.2. The van der Waals surface area contributed by atoms with Crippen LogP contribution in [0.25, 0.3) is 0 Å². The third kappa shape index (κ3) is 4.00. The van der Waals surface area contributed by atoms with Crippen LogP contribution in [0.1, 0.15) is 37.6 Å². The van der Waals surface area contributed by atoms with Crippen LogP contribution in [-0.4, -0.2) is 16.9 Å². The van der Waals surface area contributed by atoms with Gasteiger partial charge in [0.05, 0.1) is 12.8 Å². The summed E-state index contributed by atoms with van der Waals surface area (Å²) in [6.07, 6.45) is 3.06. The average molecular weight is 353 g/mol. The van der Waals surface area contributed by atoms with E-state index in [1.165, 1.54) is 0 Å². The molecule has 0 fully saturated rings. The van der Waals surface area contributed by atoms with Gasteiger partial charge in [-0.1, -0.05) is 28.9 Å². The molecule has 0 radical (unpaired) electrons. The van der Waals surface area contributed by atoms with Crippen molar-refractivity contribution in [2.45, 2.75) is 38.2 Å². The third-order valence-electron chi connectivity index (χ3n) is 3.46. The van der Waals surface area contributed by atoms with E-state index in [4.69, 9.17) is 9.47 Å². The number of ether oxygens (including phenoxy) is 2. The molecule has 1 aromatic carbocycles. The molecule has 0 amide bonds. The smallest absolute Gasteiger partial charge is 0.162 e. The van der Waals surface area contributed by atoms with E-state index in [9.17, 15) is 0 Å². The maximum Gasteiger partial charge on any atom is 0.162 e. The lowest BCUT2D eigenvalue weighted by Gasteiger charge is -2.11. The van der Waals surface area contributed by atoms with Gasteiger partial charge in [0.25, 0.3) is 0 Å². The molecule has 0 saturated heterocycles. The largest absolute Gasteiger partial charge is 0.493 e. The van der Waals surface area contributed by atoms with E-state index in [-0.39, 0.29) is 0 Å². The summed E-state index contributed by atoms with van der Waals surface area (Å²) in [6, 6.07) is 8.32. The summed E-state index contributed by atoms with van der Waals surface area (Å²) in [6.45, 7) is 4.74.